The third-order valence-corrected chi connectivity index (χ3v) is 6.53. The first kappa shape index (κ1) is 25.5. The molecule has 33 heavy (non-hydrogen) atoms. The molecule has 3 rings (SSSR count). The summed E-state index contributed by atoms with van der Waals surface area (Å²) in [5, 5.41) is 0.910. The lowest BCUT2D eigenvalue weighted by Gasteiger charge is -2.32. The molecule has 0 radical (unpaired) electrons. The molecule has 1 heterocycles. The molecule has 2 aromatic rings. The summed E-state index contributed by atoms with van der Waals surface area (Å²) in [6.07, 6.45) is 1.05. The second-order valence-corrected chi connectivity index (χ2v) is 8.96. The smallest absolute Gasteiger partial charge is 0.332 e. The van der Waals surface area contributed by atoms with Crippen molar-refractivity contribution in [1.29, 1.82) is 0 Å². The highest BCUT2D eigenvalue weighted by Crippen LogP contribution is 2.26. The van der Waals surface area contributed by atoms with Crippen molar-refractivity contribution in [3.05, 3.63) is 69.7 Å². The van der Waals surface area contributed by atoms with E-state index in [1.807, 2.05) is 43.4 Å². The topological polar surface area (TPSA) is 59.1 Å². The lowest BCUT2D eigenvalue weighted by atomic mass is 10.0. The molecule has 0 N–H and O–H groups in total. The Bertz CT molecular complexity index is 941. The Morgan fingerprint density at radius 3 is 2.61 bits per heavy atom. The Morgan fingerprint density at radius 2 is 1.91 bits per heavy atom. The van der Waals surface area contributed by atoms with Gasteiger partial charge in [-0.05, 0) is 36.6 Å². The molecule has 8 heteroatoms. The maximum Gasteiger partial charge on any atom is 0.332 e. The minimum atomic E-state index is -0.342. The number of esters is 1. The van der Waals surface area contributed by atoms with Crippen LogP contribution in [0.15, 0.2) is 48.5 Å². The normalized spacial score (nSPS) is 17.0. The van der Waals surface area contributed by atoms with Crippen molar-refractivity contribution in [2.75, 3.05) is 39.9 Å². The van der Waals surface area contributed by atoms with Crippen molar-refractivity contribution in [1.82, 2.24) is 9.80 Å². The molecule has 1 saturated heterocycles. The zero-order chi connectivity index (χ0) is 23.8. The minimum Gasteiger partial charge on any atom is -0.464 e. The molecule has 1 amide bonds. The minimum absolute atomic E-state index is 0.00319. The first-order chi connectivity index (χ1) is 15.9. The van der Waals surface area contributed by atoms with Crippen molar-refractivity contribution in [2.24, 2.45) is 0 Å². The molecule has 1 aliphatic heterocycles. The Kier molecular flexibility index (Phi) is 9.56. The van der Waals surface area contributed by atoms with Crippen molar-refractivity contribution < 1.29 is 19.1 Å². The van der Waals surface area contributed by atoms with E-state index in [1.165, 1.54) is 0 Å². The van der Waals surface area contributed by atoms with Gasteiger partial charge in [0.15, 0.2) is 0 Å². The Balaban J connectivity index is 1.64. The van der Waals surface area contributed by atoms with Crippen molar-refractivity contribution in [2.45, 2.75) is 31.9 Å². The van der Waals surface area contributed by atoms with Crippen LogP contribution in [0, 0.1) is 0 Å². The Labute approximate surface area is 205 Å². The van der Waals surface area contributed by atoms with Gasteiger partial charge in [0.25, 0.3) is 0 Å². The van der Waals surface area contributed by atoms with Crippen LogP contribution < -0.4 is 0 Å². The van der Waals surface area contributed by atoms with Crippen LogP contribution in [0.4, 0.5) is 0 Å². The average Bonchev–Trinajstić information content (AvgIpc) is 3.26. The van der Waals surface area contributed by atoms with Crippen molar-refractivity contribution >= 4 is 35.1 Å². The fourth-order valence-corrected chi connectivity index (χ4v) is 4.30. The number of hydrogen-bond donors (Lipinski definition) is 0. The highest BCUT2D eigenvalue weighted by molar-refractivity contribution is 6.42. The molecule has 0 unspecified atom stereocenters. The lowest BCUT2D eigenvalue weighted by molar-refractivity contribution is -0.150. The molecular formula is C25H30Cl2N2O4. The zero-order valence-corrected chi connectivity index (χ0v) is 20.5. The Hall–Kier alpha value is -2.12. The molecule has 2 atom stereocenters. The number of likely N-dealkylation sites (tertiary alicyclic amines) is 1. The molecule has 0 aliphatic carbocycles. The van der Waals surface area contributed by atoms with Crippen molar-refractivity contribution in [3.63, 3.8) is 0 Å². The number of rotatable bonds is 10. The molecular weight excluding hydrogens is 463 g/mol. The average molecular weight is 493 g/mol. The summed E-state index contributed by atoms with van der Waals surface area (Å²) >= 11 is 12.1. The first-order valence-electron chi connectivity index (χ1n) is 11.1. The number of nitrogens with zero attached hydrogens (tertiary/aromatic N) is 2. The highest BCUT2D eigenvalue weighted by Gasteiger charge is 2.29. The quantitative estimate of drug-likeness (QED) is 0.460. The molecule has 6 nitrogen and oxygen atoms in total. The van der Waals surface area contributed by atoms with Crippen LogP contribution in [0.3, 0.4) is 0 Å². The number of likely N-dealkylation sites (N-methyl/N-ethyl adjacent to an activating group) is 1. The lowest BCUT2D eigenvalue weighted by Crippen LogP contribution is -2.39. The Morgan fingerprint density at radius 1 is 1.15 bits per heavy atom. The number of halogens is 2. The summed E-state index contributed by atoms with van der Waals surface area (Å²) < 4.78 is 10.7. The third kappa shape index (κ3) is 7.44. The van der Waals surface area contributed by atoms with E-state index < -0.39 is 0 Å². The van der Waals surface area contributed by atoms with E-state index >= 15 is 0 Å². The monoisotopic (exact) mass is 492 g/mol. The maximum atomic E-state index is 13.2. The van der Waals surface area contributed by atoms with E-state index in [4.69, 9.17) is 32.7 Å². The molecule has 2 aromatic carbocycles. The number of carbonyl (C=O) groups is 2. The molecule has 0 saturated carbocycles. The number of amides is 1. The predicted octanol–water partition coefficient (Wildman–Crippen LogP) is 4.39. The summed E-state index contributed by atoms with van der Waals surface area (Å²) in [4.78, 5) is 28.8. The van der Waals surface area contributed by atoms with Gasteiger partial charge in [0.05, 0.1) is 35.2 Å². The van der Waals surface area contributed by atoms with Gasteiger partial charge in [-0.3, -0.25) is 9.69 Å². The van der Waals surface area contributed by atoms with Crippen LogP contribution in [0.25, 0.3) is 0 Å². The van der Waals surface area contributed by atoms with E-state index in [9.17, 15) is 9.59 Å². The molecule has 0 bridgehead atoms. The third-order valence-electron chi connectivity index (χ3n) is 5.79. The summed E-state index contributed by atoms with van der Waals surface area (Å²) in [5.41, 5.74) is 1.89. The van der Waals surface area contributed by atoms with E-state index in [-0.39, 0.29) is 37.0 Å². The van der Waals surface area contributed by atoms with Gasteiger partial charge in [0.2, 0.25) is 5.91 Å². The number of hydrogen-bond acceptors (Lipinski definition) is 5. The van der Waals surface area contributed by atoms with Gasteiger partial charge in [-0.1, -0.05) is 59.6 Å². The second-order valence-electron chi connectivity index (χ2n) is 8.14. The van der Waals surface area contributed by atoms with Crippen LogP contribution >= 0.6 is 23.2 Å². The van der Waals surface area contributed by atoms with Gasteiger partial charge in [-0.25, -0.2) is 4.79 Å². The summed E-state index contributed by atoms with van der Waals surface area (Å²) in [7, 11) is 1.84. The molecule has 1 aliphatic rings. The SMILES string of the molecule is CCOC(=O)CO[C@H]1CCN(C[C@H](c2ccccc2)N(C)C(=O)Cc2ccc(Cl)c(Cl)c2)C1. The van der Waals surface area contributed by atoms with Gasteiger partial charge in [0.1, 0.15) is 6.61 Å². The number of benzene rings is 2. The van der Waals surface area contributed by atoms with Crippen molar-refractivity contribution in [3.8, 4) is 0 Å². The molecule has 0 aromatic heterocycles. The van der Waals surface area contributed by atoms with Crippen LogP contribution in [-0.4, -0.2) is 67.7 Å². The largest absolute Gasteiger partial charge is 0.464 e. The number of carbonyl (C=O) groups excluding carboxylic acids is 2. The van der Waals surface area contributed by atoms with Crippen LogP contribution in [0.2, 0.25) is 10.0 Å². The van der Waals surface area contributed by atoms with Gasteiger partial charge in [-0.2, -0.15) is 0 Å². The van der Waals surface area contributed by atoms with E-state index in [2.05, 4.69) is 4.90 Å². The van der Waals surface area contributed by atoms with Gasteiger partial charge >= 0.3 is 5.97 Å². The predicted molar refractivity (Wildman–Crippen MR) is 130 cm³/mol. The molecule has 1 fully saturated rings. The maximum absolute atomic E-state index is 13.2. The zero-order valence-electron chi connectivity index (χ0n) is 19.0. The highest BCUT2D eigenvalue weighted by atomic mass is 35.5. The first-order valence-corrected chi connectivity index (χ1v) is 11.9. The summed E-state index contributed by atoms with van der Waals surface area (Å²) in [6.45, 7) is 4.31. The van der Waals surface area contributed by atoms with E-state index in [0.717, 1.165) is 24.1 Å². The standard InChI is InChI=1S/C25H30Cl2N2O4/c1-3-32-25(31)17-33-20-11-12-29(15-20)16-23(19-7-5-4-6-8-19)28(2)24(30)14-18-9-10-21(26)22(27)13-18/h4-10,13,20,23H,3,11-12,14-17H2,1-2H3/t20-,23+/m0/s1. The molecule has 0 spiro atoms. The van der Waals surface area contributed by atoms with Gasteiger partial charge < -0.3 is 14.4 Å². The van der Waals surface area contributed by atoms with Crippen LogP contribution in [0.5, 0.6) is 0 Å². The van der Waals surface area contributed by atoms with E-state index in [0.29, 0.717) is 29.7 Å². The fraction of sp³-hybridized carbons (Fsp3) is 0.440. The van der Waals surface area contributed by atoms with Gasteiger partial charge in [-0.15, -0.1) is 0 Å². The number of ether oxygens (including phenoxy) is 2. The summed E-state index contributed by atoms with van der Waals surface area (Å²) in [6, 6.07) is 15.2. The summed E-state index contributed by atoms with van der Waals surface area (Å²) in [5.74, 6) is -0.345. The van der Waals surface area contributed by atoms with Crippen LogP contribution in [0.1, 0.15) is 30.5 Å². The van der Waals surface area contributed by atoms with Gasteiger partial charge in [0, 0.05) is 26.7 Å². The molecule has 178 valence electrons. The second kappa shape index (κ2) is 12.4. The van der Waals surface area contributed by atoms with E-state index in [1.54, 1.807) is 24.0 Å². The van der Waals surface area contributed by atoms with Crippen LogP contribution in [-0.2, 0) is 25.5 Å². The fourth-order valence-electron chi connectivity index (χ4n) is 3.98.